The number of hydrogen-bond acceptors (Lipinski definition) is 10. The SMILES string of the molecule is Cc1c(Cc2ccccc2)c(=O)oc2cc(OCc3nn[nH]n3)cc(OCc3nn[nH]n3)c12. The van der Waals surface area contributed by atoms with Gasteiger partial charge in [-0.15, -0.1) is 20.4 Å². The van der Waals surface area contributed by atoms with Gasteiger partial charge in [-0.3, -0.25) is 0 Å². The molecule has 3 aromatic heterocycles. The lowest BCUT2D eigenvalue weighted by molar-refractivity contribution is 0.282. The highest BCUT2D eigenvalue weighted by molar-refractivity contribution is 5.89. The molecule has 0 aliphatic rings. The highest BCUT2D eigenvalue weighted by atomic mass is 16.5. The maximum absolute atomic E-state index is 12.9. The van der Waals surface area contributed by atoms with Gasteiger partial charge < -0.3 is 13.9 Å². The average molecular weight is 446 g/mol. The molecule has 0 saturated carbocycles. The van der Waals surface area contributed by atoms with Crippen molar-refractivity contribution in [2.24, 2.45) is 0 Å². The van der Waals surface area contributed by atoms with E-state index in [-0.39, 0.29) is 13.2 Å². The Labute approximate surface area is 185 Å². The van der Waals surface area contributed by atoms with Crippen LogP contribution in [-0.2, 0) is 19.6 Å². The predicted octanol–water partition coefficient (Wildman–Crippen LogP) is 1.88. The third kappa shape index (κ3) is 4.39. The summed E-state index contributed by atoms with van der Waals surface area (Å²) in [5.74, 6) is 1.62. The lowest BCUT2D eigenvalue weighted by Crippen LogP contribution is -2.12. The fraction of sp³-hybridized carbons (Fsp3) is 0.190. The van der Waals surface area contributed by atoms with Crippen LogP contribution in [0.3, 0.4) is 0 Å². The molecule has 166 valence electrons. The van der Waals surface area contributed by atoms with Crippen molar-refractivity contribution in [1.82, 2.24) is 41.2 Å². The van der Waals surface area contributed by atoms with Crippen molar-refractivity contribution in [2.75, 3.05) is 0 Å². The number of fused-ring (bicyclic) bond motifs is 1. The molecule has 0 bridgehead atoms. The normalized spacial score (nSPS) is 11.1. The van der Waals surface area contributed by atoms with Crippen LogP contribution in [0.1, 0.15) is 28.3 Å². The molecule has 0 radical (unpaired) electrons. The summed E-state index contributed by atoms with van der Waals surface area (Å²) in [7, 11) is 0. The summed E-state index contributed by atoms with van der Waals surface area (Å²) in [6.45, 7) is 2.01. The first-order valence-corrected chi connectivity index (χ1v) is 10.0. The number of nitrogens with zero attached hydrogens (tertiary/aromatic N) is 6. The molecule has 33 heavy (non-hydrogen) atoms. The van der Waals surface area contributed by atoms with E-state index in [2.05, 4.69) is 41.2 Å². The smallest absolute Gasteiger partial charge is 0.340 e. The summed E-state index contributed by atoms with van der Waals surface area (Å²) < 4.78 is 17.4. The Hall–Kier alpha value is -4.61. The molecular formula is C21H18N8O4. The minimum Gasteiger partial charge on any atom is -0.485 e. The largest absolute Gasteiger partial charge is 0.485 e. The van der Waals surface area contributed by atoms with Crippen molar-refractivity contribution >= 4 is 11.0 Å². The first kappa shape index (κ1) is 20.3. The molecule has 0 aliphatic heterocycles. The van der Waals surface area contributed by atoms with Crippen LogP contribution >= 0.6 is 0 Å². The lowest BCUT2D eigenvalue weighted by Gasteiger charge is -2.14. The van der Waals surface area contributed by atoms with Crippen molar-refractivity contribution in [1.29, 1.82) is 0 Å². The molecule has 3 heterocycles. The second-order valence-corrected chi connectivity index (χ2v) is 7.18. The highest BCUT2D eigenvalue weighted by Crippen LogP contribution is 2.35. The third-order valence-corrected chi connectivity index (χ3v) is 5.04. The Kier molecular flexibility index (Phi) is 5.45. The molecule has 12 nitrogen and oxygen atoms in total. The van der Waals surface area contributed by atoms with Crippen LogP contribution < -0.4 is 15.1 Å². The van der Waals surface area contributed by atoms with Gasteiger partial charge in [-0.25, -0.2) is 4.79 Å². The van der Waals surface area contributed by atoms with Gasteiger partial charge in [0.05, 0.1) is 5.39 Å². The first-order valence-electron chi connectivity index (χ1n) is 10.0. The van der Waals surface area contributed by atoms with Crippen molar-refractivity contribution in [3.63, 3.8) is 0 Å². The number of aromatic amines is 2. The minimum absolute atomic E-state index is 0.0620. The molecule has 0 unspecified atom stereocenters. The van der Waals surface area contributed by atoms with E-state index in [0.29, 0.717) is 46.1 Å². The lowest BCUT2D eigenvalue weighted by atomic mass is 9.99. The Balaban J connectivity index is 1.55. The predicted molar refractivity (Wildman–Crippen MR) is 113 cm³/mol. The van der Waals surface area contributed by atoms with Gasteiger partial charge in [-0.05, 0) is 18.1 Å². The summed E-state index contributed by atoms with van der Waals surface area (Å²) in [6, 6.07) is 13.1. The average Bonchev–Trinajstić information content (AvgIpc) is 3.54. The topological polar surface area (TPSA) is 158 Å². The minimum atomic E-state index is -0.414. The Morgan fingerprint density at radius 2 is 1.64 bits per heavy atom. The van der Waals surface area contributed by atoms with Gasteiger partial charge in [0.2, 0.25) is 11.6 Å². The molecular weight excluding hydrogens is 428 g/mol. The van der Waals surface area contributed by atoms with E-state index in [0.717, 1.165) is 11.1 Å². The maximum atomic E-state index is 12.9. The summed E-state index contributed by atoms with van der Waals surface area (Å²) in [5, 5.41) is 28.0. The molecule has 2 aromatic carbocycles. The second-order valence-electron chi connectivity index (χ2n) is 7.18. The molecule has 0 saturated heterocycles. The number of benzene rings is 2. The number of rotatable bonds is 8. The molecule has 0 fully saturated rings. The zero-order chi connectivity index (χ0) is 22.6. The Morgan fingerprint density at radius 1 is 0.939 bits per heavy atom. The van der Waals surface area contributed by atoms with E-state index in [1.807, 2.05) is 37.3 Å². The summed E-state index contributed by atoms with van der Waals surface area (Å²) in [5.41, 5.74) is 2.24. The number of aryl methyl sites for hydroxylation is 1. The number of tetrazole rings is 2. The van der Waals surface area contributed by atoms with Crippen LogP contribution in [0.5, 0.6) is 11.5 Å². The van der Waals surface area contributed by atoms with Gasteiger partial charge in [0.15, 0.2) is 13.2 Å². The monoisotopic (exact) mass is 446 g/mol. The van der Waals surface area contributed by atoms with E-state index >= 15 is 0 Å². The van der Waals surface area contributed by atoms with E-state index < -0.39 is 5.63 Å². The van der Waals surface area contributed by atoms with E-state index in [9.17, 15) is 4.79 Å². The summed E-state index contributed by atoms with van der Waals surface area (Å²) in [4.78, 5) is 12.9. The number of H-pyrrole nitrogens is 2. The van der Waals surface area contributed by atoms with Crippen molar-refractivity contribution in [3.05, 3.63) is 81.2 Å². The van der Waals surface area contributed by atoms with E-state index in [1.165, 1.54) is 0 Å². The fourth-order valence-electron chi connectivity index (χ4n) is 3.46. The van der Waals surface area contributed by atoms with E-state index in [1.54, 1.807) is 12.1 Å². The van der Waals surface area contributed by atoms with Crippen LogP contribution in [0, 0.1) is 6.92 Å². The number of hydrogen-bond donors (Lipinski definition) is 2. The molecule has 5 rings (SSSR count). The van der Waals surface area contributed by atoms with Gasteiger partial charge in [-0.1, -0.05) is 40.8 Å². The van der Waals surface area contributed by atoms with Gasteiger partial charge in [0, 0.05) is 24.1 Å². The third-order valence-electron chi connectivity index (χ3n) is 5.04. The zero-order valence-electron chi connectivity index (χ0n) is 17.5. The second kappa shape index (κ2) is 8.86. The molecule has 5 aromatic rings. The van der Waals surface area contributed by atoms with Gasteiger partial charge in [0.1, 0.15) is 17.1 Å². The van der Waals surface area contributed by atoms with Gasteiger partial charge >= 0.3 is 5.63 Å². The fourth-order valence-corrected chi connectivity index (χ4v) is 3.46. The molecule has 12 heteroatoms. The molecule has 2 N–H and O–H groups in total. The zero-order valence-corrected chi connectivity index (χ0v) is 17.5. The van der Waals surface area contributed by atoms with Gasteiger partial charge in [-0.2, -0.15) is 10.4 Å². The highest BCUT2D eigenvalue weighted by Gasteiger charge is 2.18. The van der Waals surface area contributed by atoms with Crippen LogP contribution in [0.2, 0.25) is 0 Å². The Bertz CT molecular complexity index is 1420. The summed E-state index contributed by atoms with van der Waals surface area (Å²) in [6.07, 6.45) is 0.436. The number of nitrogens with one attached hydrogen (secondary N) is 2. The first-order chi connectivity index (χ1) is 16.2. The van der Waals surface area contributed by atoms with Crippen LogP contribution in [0.15, 0.2) is 51.7 Å². The van der Waals surface area contributed by atoms with E-state index in [4.69, 9.17) is 13.9 Å². The van der Waals surface area contributed by atoms with Crippen LogP contribution in [0.25, 0.3) is 11.0 Å². The molecule has 0 spiro atoms. The van der Waals surface area contributed by atoms with Crippen LogP contribution in [0.4, 0.5) is 0 Å². The van der Waals surface area contributed by atoms with Crippen molar-refractivity contribution < 1.29 is 13.9 Å². The van der Waals surface area contributed by atoms with Crippen molar-refractivity contribution in [2.45, 2.75) is 26.6 Å². The standard InChI is InChI=1S/C21H18N8O4/c1-12-15(7-13-5-3-2-4-6-13)21(30)33-17-9-14(31-10-18-22-26-27-23-18)8-16(20(12)17)32-11-19-24-28-29-25-19/h2-6,8-9H,7,10-11H2,1H3,(H,22,23,26,27)(H,24,25,28,29). The number of ether oxygens (including phenoxy) is 2. The van der Waals surface area contributed by atoms with Crippen LogP contribution in [-0.4, -0.2) is 41.2 Å². The van der Waals surface area contributed by atoms with Gasteiger partial charge in [0.25, 0.3) is 0 Å². The quantitative estimate of drug-likeness (QED) is 0.337. The molecule has 0 amide bonds. The van der Waals surface area contributed by atoms with Crippen molar-refractivity contribution in [3.8, 4) is 11.5 Å². The number of aromatic nitrogens is 8. The molecule has 0 atom stereocenters. The summed E-state index contributed by atoms with van der Waals surface area (Å²) >= 11 is 0. The molecule has 0 aliphatic carbocycles. The maximum Gasteiger partial charge on any atom is 0.340 e. The Morgan fingerprint density at radius 3 is 2.30 bits per heavy atom.